The highest BCUT2D eigenvalue weighted by atomic mass is 35.5. The number of aromatic nitrogens is 1. The largest absolute Gasteiger partial charge is 0.366 e. The first kappa shape index (κ1) is 16.6. The number of hydrogen-bond donors (Lipinski definition) is 0. The standard InChI is InChI=1S/C20H17ClN2S2/c1-3-13(2)23-10-18(17-8-20(21)25-19(17)11-23)16-7-5-4-6-15(16)14-9-22-24-12-14/h3-9,12,18H,1-2,10-11H2. The van der Waals surface area contributed by atoms with E-state index < -0.39 is 0 Å². The summed E-state index contributed by atoms with van der Waals surface area (Å²) in [7, 11) is 0. The summed E-state index contributed by atoms with van der Waals surface area (Å²) < 4.78 is 5.12. The first-order valence-electron chi connectivity index (χ1n) is 8.00. The zero-order valence-corrected chi connectivity index (χ0v) is 16.0. The molecule has 5 heteroatoms. The SMILES string of the molecule is C=CC(=C)N1Cc2sc(Cl)cc2C(c2ccccc2-c2cnsc2)C1. The molecule has 4 rings (SSSR count). The van der Waals surface area contributed by atoms with Crippen LogP contribution in [-0.4, -0.2) is 15.8 Å². The number of benzene rings is 1. The van der Waals surface area contributed by atoms with E-state index in [1.54, 1.807) is 11.3 Å². The van der Waals surface area contributed by atoms with Crippen LogP contribution in [0.4, 0.5) is 0 Å². The van der Waals surface area contributed by atoms with Crippen molar-refractivity contribution in [3.05, 3.63) is 87.2 Å². The van der Waals surface area contributed by atoms with Crippen molar-refractivity contribution in [2.45, 2.75) is 12.5 Å². The molecule has 0 spiro atoms. The number of hydrogen-bond acceptors (Lipinski definition) is 4. The monoisotopic (exact) mass is 384 g/mol. The third-order valence-corrected chi connectivity index (χ3v) is 6.50. The topological polar surface area (TPSA) is 16.1 Å². The van der Waals surface area contributed by atoms with Gasteiger partial charge in [0.05, 0.1) is 10.9 Å². The van der Waals surface area contributed by atoms with E-state index in [-0.39, 0.29) is 5.92 Å². The van der Waals surface area contributed by atoms with E-state index in [0.29, 0.717) is 0 Å². The van der Waals surface area contributed by atoms with Gasteiger partial charge >= 0.3 is 0 Å². The molecule has 3 aromatic rings. The summed E-state index contributed by atoms with van der Waals surface area (Å²) >= 11 is 9.50. The van der Waals surface area contributed by atoms with E-state index in [1.165, 1.54) is 38.7 Å². The Balaban J connectivity index is 1.84. The Labute approximate surface area is 160 Å². The maximum Gasteiger partial charge on any atom is 0.0934 e. The van der Waals surface area contributed by atoms with E-state index in [4.69, 9.17) is 11.6 Å². The first-order valence-corrected chi connectivity index (χ1v) is 10.0. The molecule has 25 heavy (non-hydrogen) atoms. The van der Waals surface area contributed by atoms with Gasteiger partial charge in [0.15, 0.2) is 0 Å². The lowest BCUT2D eigenvalue weighted by Crippen LogP contribution is -2.32. The lowest BCUT2D eigenvalue weighted by atomic mass is 9.84. The van der Waals surface area contributed by atoms with Crippen LogP contribution in [0.15, 0.2) is 66.8 Å². The fourth-order valence-corrected chi connectivity index (χ4v) is 5.29. The van der Waals surface area contributed by atoms with Gasteiger partial charge in [-0.25, -0.2) is 4.37 Å². The van der Waals surface area contributed by atoms with E-state index in [2.05, 4.69) is 58.1 Å². The van der Waals surface area contributed by atoms with Crippen LogP contribution in [-0.2, 0) is 6.54 Å². The molecule has 3 heterocycles. The van der Waals surface area contributed by atoms with Gasteiger partial charge in [0.2, 0.25) is 0 Å². The van der Waals surface area contributed by atoms with Crippen molar-refractivity contribution in [2.24, 2.45) is 0 Å². The second-order valence-electron chi connectivity index (χ2n) is 6.06. The van der Waals surface area contributed by atoms with Crippen molar-refractivity contribution in [1.82, 2.24) is 9.27 Å². The van der Waals surface area contributed by atoms with Crippen LogP contribution in [0, 0.1) is 0 Å². The third kappa shape index (κ3) is 3.06. The Bertz CT molecular complexity index is 927. The van der Waals surface area contributed by atoms with Crippen molar-refractivity contribution in [1.29, 1.82) is 0 Å². The van der Waals surface area contributed by atoms with Crippen molar-refractivity contribution in [2.75, 3.05) is 6.54 Å². The normalized spacial score (nSPS) is 16.5. The Morgan fingerprint density at radius 3 is 2.92 bits per heavy atom. The summed E-state index contributed by atoms with van der Waals surface area (Å²) in [5, 5.41) is 2.10. The zero-order chi connectivity index (χ0) is 17.4. The second kappa shape index (κ2) is 6.79. The number of fused-ring (bicyclic) bond motifs is 1. The van der Waals surface area contributed by atoms with Gasteiger partial charge in [-0.3, -0.25) is 0 Å². The smallest absolute Gasteiger partial charge is 0.0934 e. The van der Waals surface area contributed by atoms with Crippen molar-refractivity contribution in [3.63, 3.8) is 0 Å². The minimum Gasteiger partial charge on any atom is -0.366 e. The zero-order valence-electron chi connectivity index (χ0n) is 13.6. The van der Waals surface area contributed by atoms with Crippen LogP contribution < -0.4 is 0 Å². The average Bonchev–Trinajstić information content (AvgIpc) is 3.28. The molecule has 0 fully saturated rings. The molecule has 0 amide bonds. The molecule has 126 valence electrons. The highest BCUT2D eigenvalue weighted by molar-refractivity contribution is 7.16. The molecule has 0 aliphatic carbocycles. The van der Waals surface area contributed by atoms with Crippen LogP contribution in [0.2, 0.25) is 4.34 Å². The molecule has 0 saturated heterocycles. The van der Waals surface area contributed by atoms with Gasteiger partial charge in [-0.2, -0.15) is 0 Å². The van der Waals surface area contributed by atoms with E-state index >= 15 is 0 Å². The number of allylic oxidation sites excluding steroid dienone is 1. The van der Waals surface area contributed by atoms with E-state index in [0.717, 1.165) is 23.1 Å². The lowest BCUT2D eigenvalue weighted by molar-refractivity contribution is 0.319. The van der Waals surface area contributed by atoms with Gasteiger partial charge in [-0.05, 0) is 40.4 Å². The summed E-state index contributed by atoms with van der Waals surface area (Å²) in [6.45, 7) is 9.75. The molecule has 0 saturated carbocycles. The molecular formula is C20H17ClN2S2. The van der Waals surface area contributed by atoms with Crippen LogP contribution >= 0.6 is 34.5 Å². The summed E-state index contributed by atoms with van der Waals surface area (Å²) in [4.78, 5) is 3.60. The molecule has 0 radical (unpaired) electrons. The minimum absolute atomic E-state index is 0.250. The molecule has 1 unspecified atom stereocenters. The fourth-order valence-electron chi connectivity index (χ4n) is 3.40. The summed E-state index contributed by atoms with van der Waals surface area (Å²) in [6.07, 6.45) is 3.76. The second-order valence-corrected chi connectivity index (χ2v) is 8.48. The molecule has 1 aliphatic rings. The fraction of sp³-hybridized carbons (Fsp3) is 0.150. The van der Waals surface area contributed by atoms with Gasteiger partial charge in [-0.15, -0.1) is 11.3 Å². The maximum absolute atomic E-state index is 6.35. The summed E-state index contributed by atoms with van der Waals surface area (Å²) in [5.74, 6) is 0.250. The van der Waals surface area contributed by atoms with E-state index in [9.17, 15) is 0 Å². The van der Waals surface area contributed by atoms with Gasteiger partial charge in [0.25, 0.3) is 0 Å². The molecule has 2 aromatic heterocycles. The number of nitrogens with zero attached hydrogens (tertiary/aromatic N) is 2. The Hall–Kier alpha value is -1.88. The quantitative estimate of drug-likeness (QED) is 0.500. The van der Waals surface area contributed by atoms with Crippen LogP contribution in [0.5, 0.6) is 0 Å². The summed E-state index contributed by atoms with van der Waals surface area (Å²) in [6, 6.07) is 10.7. The Morgan fingerprint density at radius 1 is 1.32 bits per heavy atom. The lowest BCUT2D eigenvalue weighted by Gasteiger charge is -2.35. The Morgan fingerprint density at radius 2 is 2.16 bits per heavy atom. The van der Waals surface area contributed by atoms with Crippen molar-refractivity contribution >= 4 is 34.5 Å². The van der Waals surface area contributed by atoms with Gasteiger partial charge in [-0.1, -0.05) is 49.0 Å². The average molecular weight is 385 g/mol. The number of rotatable bonds is 4. The van der Waals surface area contributed by atoms with Crippen molar-refractivity contribution in [3.8, 4) is 11.1 Å². The Kier molecular flexibility index (Phi) is 4.50. The molecule has 1 aliphatic heterocycles. The highest BCUT2D eigenvalue weighted by Gasteiger charge is 2.30. The third-order valence-electron chi connectivity index (χ3n) is 4.65. The van der Waals surface area contributed by atoms with Gasteiger partial charge in [0, 0.05) is 40.2 Å². The number of halogens is 1. The number of thiophene rings is 1. The van der Waals surface area contributed by atoms with Crippen LogP contribution in [0.1, 0.15) is 21.9 Å². The minimum atomic E-state index is 0.250. The molecule has 2 nitrogen and oxygen atoms in total. The van der Waals surface area contributed by atoms with Crippen molar-refractivity contribution < 1.29 is 0 Å². The van der Waals surface area contributed by atoms with Gasteiger partial charge in [0.1, 0.15) is 0 Å². The van der Waals surface area contributed by atoms with Gasteiger partial charge < -0.3 is 4.90 Å². The highest BCUT2D eigenvalue weighted by Crippen LogP contribution is 2.43. The maximum atomic E-state index is 6.35. The van der Waals surface area contributed by atoms with E-state index in [1.807, 2.05) is 12.3 Å². The molecular weight excluding hydrogens is 368 g/mol. The first-order chi connectivity index (χ1) is 12.2. The molecule has 1 atom stereocenters. The summed E-state index contributed by atoms with van der Waals surface area (Å²) in [5.41, 5.74) is 6.00. The molecule has 1 aromatic carbocycles. The molecule has 0 N–H and O–H groups in total. The molecule has 0 bridgehead atoms. The van der Waals surface area contributed by atoms with Crippen LogP contribution in [0.3, 0.4) is 0 Å². The van der Waals surface area contributed by atoms with Crippen LogP contribution in [0.25, 0.3) is 11.1 Å². The predicted molar refractivity (Wildman–Crippen MR) is 108 cm³/mol. The predicted octanol–water partition coefficient (Wildman–Crippen LogP) is 6.17.